The van der Waals surface area contributed by atoms with Crippen molar-refractivity contribution in [3.63, 3.8) is 0 Å². The molecule has 0 fully saturated rings. The van der Waals surface area contributed by atoms with Crippen molar-refractivity contribution >= 4 is 7.32 Å². The van der Waals surface area contributed by atoms with Crippen LogP contribution in [0.4, 0.5) is 4.39 Å². The third kappa shape index (κ3) is 2.69. The second-order valence-corrected chi connectivity index (χ2v) is 2.37. The molecule has 3 N–H and O–H groups in total. The van der Waals surface area contributed by atoms with E-state index in [-0.39, 0.29) is 12.4 Å². The van der Waals surface area contributed by atoms with E-state index in [9.17, 15) is 4.39 Å². The maximum absolute atomic E-state index is 12.9. The van der Waals surface area contributed by atoms with Gasteiger partial charge in [0.25, 0.3) is 0 Å². The van der Waals surface area contributed by atoms with Gasteiger partial charge in [0.05, 0.1) is 6.61 Å². The largest absolute Gasteiger partial charge is 0.707 e. The summed E-state index contributed by atoms with van der Waals surface area (Å²) in [6, 6.07) is 3.68. The van der Waals surface area contributed by atoms with Crippen LogP contribution in [-0.2, 0) is 6.61 Å². The Morgan fingerprint density at radius 2 is 2.08 bits per heavy atom. The molecule has 0 amide bonds. The zero-order valence-corrected chi connectivity index (χ0v) is 6.64. The van der Waals surface area contributed by atoms with E-state index in [1.807, 2.05) is 0 Å². The minimum atomic E-state index is -2.05. The highest BCUT2D eigenvalue weighted by Crippen LogP contribution is 2.18. The molecule has 0 saturated heterocycles. The van der Waals surface area contributed by atoms with Crippen LogP contribution in [0.1, 0.15) is 5.56 Å². The van der Waals surface area contributed by atoms with Gasteiger partial charge in [0.2, 0.25) is 0 Å². The summed E-state index contributed by atoms with van der Waals surface area (Å²) in [7, 11) is -2.05. The first-order chi connectivity index (χ1) is 6.13. The van der Waals surface area contributed by atoms with Gasteiger partial charge >= 0.3 is 7.32 Å². The monoisotopic (exact) mass is 186 g/mol. The number of aliphatic hydroxyl groups is 1. The molecule has 1 aromatic rings. The molecule has 0 aliphatic heterocycles. The molecule has 0 bridgehead atoms. The van der Waals surface area contributed by atoms with E-state index < -0.39 is 13.1 Å². The maximum Gasteiger partial charge on any atom is 0.707 e. The van der Waals surface area contributed by atoms with Crippen LogP contribution >= 0.6 is 0 Å². The zero-order chi connectivity index (χ0) is 9.84. The lowest BCUT2D eigenvalue weighted by Gasteiger charge is -2.06. The van der Waals surface area contributed by atoms with Crippen molar-refractivity contribution in [1.29, 1.82) is 0 Å². The lowest BCUT2D eigenvalue weighted by molar-refractivity contribution is 0.276. The fourth-order valence-corrected chi connectivity index (χ4v) is 0.852. The van der Waals surface area contributed by atoms with Crippen molar-refractivity contribution in [2.24, 2.45) is 0 Å². The van der Waals surface area contributed by atoms with Crippen LogP contribution in [0.3, 0.4) is 0 Å². The van der Waals surface area contributed by atoms with Gasteiger partial charge in [-0.15, -0.1) is 0 Å². The van der Waals surface area contributed by atoms with Gasteiger partial charge < -0.3 is 19.8 Å². The van der Waals surface area contributed by atoms with E-state index in [1.54, 1.807) is 0 Å². The summed E-state index contributed by atoms with van der Waals surface area (Å²) in [4.78, 5) is 0. The van der Waals surface area contributed by atoms with Gasteiger partial charge in [0, 0.05) is 0 Å². The van der Waals surface area contributed by atoms with E-state index >= 15 is 0 Å². The quantitative estimate of drug-likeness (QED) is 0.565. The lowest BCUT2D eigenvalue weighted by atomic mass is 10.2. The van der Waals surface area contributed by atoms with Gasteiger partial charge in [-0.05, 0) is 17.7 Å². The Bertz CT molecular complexity index is 292. The third-order valence-electron chi connectivity index (χ3n) is 1.41. The van der Waals surface area contributed by atoms with Crippen LogP contribution < -0.4 is 4.65 Å². The Kier molecular flexibility index (Phi) is 3.24. The molecule has 0 aromatic heterocycles. The highest BCUT2D eigenvalue weighted by molar-refractivity contribution is 6.33. The van der Waals surface area contributed by atoms with Crippen molar-refractivity contribution in [1.82, 2.24) is 0 Å². The standard InChI is InChI=1S/C7H8BFO4/c9-6-3-5(4-10)1-2-7(6)13-8(11)12/h1-3,10-12H,4H2. The van der Waals surface area contributed by atoms with Gasteiger partial charge in [-0.2, -0.15) is 0 Å². The Labute approximate surface area is 74.4 Å². The van der Waals surface area contributed by atoms with Gasteiger partial charge in [-0.1, -0.05) is 6.07 Å². The number of hydrogen-bond acceptors (Lipinski definition) is 4. The molecule has 1 aromatic carbocycles. The Hall–Kier alpha value is -1.11. The molecular weight excluding hydrogens is 178 g/mol. The van der Waals surface area contributed by atoms with E-state index in [4.69, 9.17) is 15.2 Å². The minimum absolute atomic E-state index is 0.271. The molecule has 0 atom stereocenters. The summed E-state index contributed by atoms with van der Waals surface area (Å²) in [5.74, 6) is -1.02. The number of benzene rings is 1. The molecule has 70 valence electrons. The average molecular weight is 186 g/mol. The topological polar surface area (TPSA) is 69.9 Å². The number of rotatable bonds is 3. The molecule has 0 aliphatic carbocycles. The van der Waals surface area contributed by atoms with Crippen LogP contribution in [0.5, 0.6) is 5.75 Å². The van der Waals surface area contributed by atoms with Crippen molar-refractivity contribution in [2.45, 2.75) is 6.61 Å². The molecule has 0 unspecified atom stereocenters. The second-order valence-electron chi connectivity index (χ2n) is 2.37. The molecule has 13 heavy (non-hydrogen) atoms. The summed E-state index contributed by atoms with van der Waals surface area (Å²) in [5, 5.41) is 25.4. The Morgan fingerprint density at radius 3 is 2.54 bits per heavy atom. The van der Waals surface area contributed by atoms with Crippen LogP contribution in [0.2, 0.25) is 0 Å². The van der Waals surface area contributed by atoms with Crippen LogP contribution in [0.25, 0.3) is 0 Å². The predicted octanol–water partition coefficient (Wildman–Crippen LogP) is -0.334. The smallest absolute Gasteiger partial charge is 0.510 e. The van der Waals surface area contributed by atoms with Crippen LogP contribution in [-0.4, -0.2) is 22.5 Å². The normalized spacial score (nSPS) is 9.85. The predicted molar refractivity (Wildman–Crippen MR) is 43.1 cm³/mol. The summed E-state index contributed by atoms with van der Waals surface area (Å²) in [6.45, 7) is -0.279. The summed E-state index contributed by atoms with van der Waals surface area (Å²) in [6.07, 6.45) is 0. The zero-order valence-electron chi connectivity index (χ0n) is 6.64. The highest BCUT2D eigenvalue weighted by Gasteiger charge is 2.14. The number of hydrogen-bond donors (Lipinski definition) is 3. The van der Waals surface area contributed by atoms with Crippen LogP contribution in [0.15, 0.2) is 18.2 Å². The summed E-state index contributed by atoms with van der Waals surface area (Å²) >= 11 is 0. The van der Waals surface area contributed by atoms with Crippen LogP contribution in [0, 0.1) is 5.82 Å². The summed E-state index contributed by atoms with van der Waals surface area (Å²) < 4.78 is 17.2. The number of aliphatic hydroxyl groups excluding tert-OH is 1. The van der Waals surface area contributed by atoms with Gasteiger partial charge in [0.1, 0.15) is 5.75 Å². The van der Waals surface area contributed by atoms with Crippen molar-refractivity contribution in [2.75, 3.05) is 0 Å². The third-order valence-corrected chi connectivity index (χ3v) is 1.41. The molecule has 6 heteroatoms. The first-order valence-electron chi connectivity index (χ1n) is 3.55. The van der Waals surface area contributed by atoms with Crippen molar-refractivity contribution < 1.29 is 24.2 Å². The fraction of sp³-hybridized carbons (Fsp3) is 0.143. The SMILES string of the molecule is OCc1ccc(OB(O)O)c(F)c1. The Balaban J connectivity index is 2.85. The molecular formula is C7H8BFO4. The fourth-order valence-electron chi connectivity index (χ4n) is 0.852. The second kappa shape index (κ2) is 4.22. The first-order valence-corrected chi connectivity index (χ1v) is 3.55. The van der Waals surface area contributed by atoms with E-state index in [2.05, 4.69) is 4.65 Å². The van der Waals surface area contributed by atoms with Crippen molar-refractivity contribution in [3.8, 4) is 5.75 Å². The van der Waals surface area contributed by atoms with Gasteiger partial charge in [-0.25, -0.2) is 4.39 Å². The molecule has 4 nitrogen and oxygen atoms in total. The minimum Gasteiger partial charge on any atom is -0.510 e. The van der Waals surface area contributed by atoms with E-state index in [1.165, 1.54) is 12.1 Å². The Morgan fingerprint density at radius 1 is 1.38 bits per heavy atom. The molecule has 0 aliphatic rings. The van der Waals surface area contributed by atoms with E-state index in [0.717, 1.165) is 6.07 Å². The molecule has 0 radical (unpaired) electrons. The molecule has 1 rings (SSSR count). The maximum atomic E-state index is 12.9. The van der Waals surface area contributed by atoms with Gasteiger partial charge in [-0.3, -0.25) is 0 Å². The molecule has 0 heterocycles. The first kappa shape index (κ1) is 9.98. The summed E-state index contributed by atoms with van der Waals surface area (Å²) in [5.41, 5.74) is 0.386. The molecule has 0 spiro atoms. The molecule has 0 saturated carbocycles. The van der Waals surface area contributed by atoms with Gasteiger partial charge in [0.15, 0.2) is 5.82 Å². The van der Waals surface area contributed by atoms with E-state index in [0.29, 0.717) is 5.56 Å². The number of halogens is 1. The average Bonchev–Trinajstić information content (AvgIpc) is 2.08. The lowest BCUT2D eigenvalue weighted by Crippen LogP contribution is -2.21. The highest BCUT2D eigenvalue weighted by atomic mass is 19.1. The van der Waals surface area contributed by atoms with Crippen molar-refractivity contribution in [3.05, 3.63) is 29.6 Å².